The number of hydrogen-bond donors (Lipinski definition) is 2. The fourth-order valence-electron chi connectivity index (χ4n) is 3.72. The minimum Gasteiger partial charge on any atom is -0.393 e. The third-order valence-corrected chi connectivity index (χ3v) is 5.21. The van der Waals surface area contributed by atoms with E-state index in [9.17, 15) is 5.11 Å². The molecule has 2 atom stereocenters. The average Bonchev–Trinajstić information content (AvgIpc) is 3.42. The number of aryl methyl sites for hydroxylation is 1. The maximum atomic E-state index is 9.71. The second-order valence-corrected chi connectivity index (χ2v) is 7.27. The van der Waals surface area contributed by atoms with E-state index in [2.05, 4.69) is 37.5 Å². The van der Waals surface area contributed by atoms with Crippen LogP contribution in [-0.4, -0.2) is 46.6 Å². The average molecular weight is 375 g/mol. The van der Waals surface area contributed by atoms with E-state index in [1.807, 2.05) is 36.1 Å². The minimum absolute atomic E-state index is 0.211. The number of hydrogen-bond acceptors (Lipinski definition) is 6. The molecule has 8 heteroatoms. The number of aliphatic hydroxyl groups is 1. The number of nitrogens with one attached hydrogen (secondary N) is 1. The van der Waals surface area contributed by atoms with Gasteiger partial charge in [-0.1, -0.05) is 12.1 Å². The highest BCUT2D eigenvalue weighted by Crippen LogP contribution is 2.24. The highest BCUT2D eigenvalue weighted by Gasteiger charge is 2.23. The fourth-order valence-corrected chi connectivity index (χ4v) is 3.72. The van der Waals surface area contributed by atoms with Gasteiger partial charge >= 0.3 is 0 Å². The number of aromatic nitrogens is 6. The van der Waals surface area contributed by atoms with Crippen molar-refractivity contribution in [3.05, 3.63) is 49.2 Å². The first-order valence-corrected chi connectivity index (χ1v) is 9.40. The third kappa shape index (κ3) is 3.11. The van der Waals surface area contributed by atoms with Crippen molar-refractivity contribution in [3.63, 3.8) is 0 Å². The predicted molar refractivity (Wildman–Crippen MR) is 106 cm³/mol. The summed E-state index contributed by atoms with van der Waals surface area (Å²) >= 11 is 0. The molecular weight excluding hydrogens is 354 g/mol. The Hall–Kier alpha value is -3.26. The van der Waals surface area contributed by atoms with Crippen molar-refractivity contribution in [2.45, 2.75) is 31.4 Å². The van der Waals surface area contributed by atoms with Crippen molar-refractivity contribution in [1.82, 2.24) is 29.3 Å². The first-order valence-electron chi connectivity index (χ1n) is 9.40. The van der Waals surface area contributed by atoms with Crippen LogP contribution in [0.4, 0.5) is 5.95 Å². The molecule has 2 unspecified atom stereocenters. The van der Waals surface area contributed by atoms with Gasteiger partial charge in [-0.3, -0.25) is 9.25 Å². The minimum atomic E-state index is -0.231. The standard InChI is InChI=1S/C20H21N7O/c1-26-11-14(9-23-26)13-2-5-16(6-3-13)27-12-22-18-10-21-20(25-19(18)27)24-15-4-7-17(28)8-15/h2-3,5-6,9-12,15,17,28H,4,7-8H2,1H3,(H,21,24,25). The lowest BCUT2D eigenvalue weighted by Crippen LogP contribution is -2.18. The van der Waals surface area contributed by atoms with Crippen LogP contribution in [0.2, 0.25) is 0 Å². The molecule has 0 saturated heterocycles. The Balaban J connectivity index is 1.44. The van der Waals surface area contributed by atoms with Crippen molar-refractivity contribution < 1.29 is 5.11 Å². The van der Waals surface area contributed by atoms with Gasteiger partial charge in [-0.2, -0.15) is 10.1 Å². The molecule has 0 bridgehead atoms. The summed E-state index contributed by atoms with van der Waals surface area (Å²) in [4.78, 5) is 13.5. The topological polar surface area (TPSA) is 93.7 Å². The smallest absolute Gasteiger partial charge is 0.224 e. The molecule has 1 aliphatic carbocycles. The van der Waals surface area contributed by atoms with Crippen LogP contribution in [0.25, 0.3) is 28.0 Å². The van der Waals surface area contributed by atoms with E-state index in [4.69, 9.17) is 0 Å². The maximum Gasteiger partial charge on any atom is 0.224 e. The lowest BCUT2D eigenvalue weighted by atomic mass is 10.1. The Kier molecular flexibility index (Phi) is 4.05. The zero-order valence-corrected chi connectivity index (χ0v) is 15.5. The van der Waals surface area contributed by atoms with Crippen LogP contribution in [0.15, 0.2) is 49.2 Å². The number of aliphatic hydroxyl groups excluding tert-OH is 1. The van der Waals surface area contributed by atoms with Crippen molar-refractivity contribution in [2.24, 2.45) is 7.05 Å². The summed E-state index contributed by atoms with van der Waals surface area (Å²) in [5.74, 6) is 0.570. The second-order valence-electron chi connectivity index (χ2n) is 7.27. The number of imidazole rings is 1. The SMILES string of the molecule is Cn1cc(-c2ccc(-n3cnc4cnc(NC5CCC(O)C5)nc43)cc2)cn1. The lowest BCUT2D eigenvalue weighted by molar-refractivity contribution is 0.182. The maximum absolute atomic E-state index is 9.71. The van der Waals surface area contributed by atoms with Gasteiger partial charge < -0.3 is 10.4 Å². The zero-order valence-electron chi connectivity index (χ0n) is 15.5. The molecular formula is C20H21N7O. The van der Waals surface area contributed by atoms with Crippen LogP contribution in [0.5, 0.6) is 0 Å². The van der Waals surface area contributed by atoms with Crippen molar-refractivity contribution >= 4 is 17.1 Å². The molecule has 1 fully saturated rings. The highest BCUT2D eigenvalue weighted by atomic mass is 16.3. The van der Waals surface area contributed by atoms with Gasteiger partial charge in [-0.25, -0.2) is 9.97 Å². The van der Waals surface area contributed by atoms with E-state index in [1.165, 1.54) is 0 Å². The van der Waals surface area contributed by atoms with Crippen LogP contribution in [0.1, 0.15) is 19.3 Å². The Labute approximate surface area is 161 Å². The van der Waals surface area contributed by atoms with E-state index in [-0.39, 0.29) is 12.1 Å². The van der Waals surface area contributed by atoms with Crippen molar-refractivity contribution in [3.8, 4) is 16.8 Å². The molecule has 3 aromatic heterocycles. The number of fused-ring (bicyclic) bond motifs is 1. The molecule has 0 spiro atoms. The Morgan fingerprint density at radius 1 is 1.07 bits per heavy atom. The Morgan fingerprint density at radius 2 is 1.93 bits per heavy atom. The van der Waals surface area contributed by atoms with Gasteiger partial charge in [-0.05, 0) is 37.0 Å². The van der Waals surface area contributed by atoms with Gasteiger partial charge in [0.25, 0.3) is 0 Å². The largest absolute Gasteiger partial charge is 0.393 e. The number of anilines is 1. The number of rotatable bonds is 4. The van der Waals surface area contributed by atoms with Crippen LogP contribution >= 0.6 is 0 Å². The van der Waals surface area contributed by atoms with E-state index < -0.39 is 0 Å². The summed E-state index contributed by atoms with van der Waals surface area (Å²) in [5, 5.41) is 17.3. The molecule has 28 heavy (non-hydrogen) atoms. The van der Waals surface area contributed by atoms with E-state index in [0.717, 1.165) is 47.2 Å². The van der Waals surface area contributed by atoms with Gasteiger partial charge in [0.1, 0.15) is 11.8 Å². The highest BCUT2D eigenvalue weighted by molar-refractivity contribution is 5.74. The summed E-state index contributed by atoms with van der Waals surface area (Å²) < 4.78 is 3.75. The molecule has 0 radical (unpaired) electrons. The molecule has 5 rings (SSSR count). The predicted octanol–water partition coefficient (Wildman–Crippen LogP) is 2.54. The molecule has 142 valence electrons. The third-order valence-electron chi connectivity index (χ3n) is 5.21. The fraction of sp³-hybridized carbons (Fsp3) is 0.300. The zero-order chi connectivity index (χ0) is 19.1. The second kappa shape index (κ2) is 6.72. The summed E-state index contributed by atoms with van der Waals surface area (Å²) in [5.41, 5.74) is 4.67. The molecule has 1 aliphatic rings. The van der Waals surface area contributed by atoms with Gasteiger partial charge in [0.15, 0.2) is 5.65 Å². The van der Waals surface area contributed by atoms with Crippen molar-refractivity contribution in [1.29, 1.82) is 0 Å². The lowest BCUT2D eigenvalue weighted by Gasteiger charge is -2.12. The first-order chi connectivity index (χ1) is 13.7. The molecule has 2 N–H and O–H groups in total. The molecule has 3 heterocycles. The Morgan fingerprint density at radius 3 is 2.64 bits per heavy atom. The monoisotopic (exact) mass is 375 g/mol. The van der Waals surface area contributed by atoms with Crippen LogP contribution < -0.4 is 5.32 Å². The molecule has 0 amide bonds. The molecule has 1 saturated carbocycles. The molecule has 1 aromatic carbocycles. The summed E-state index contributed by atoms with van der Waals surface area (Å²) in [6.45, 7) is 0. The van der Waals surface area contributed by atoms with Gasteiger partial charge in [0.2, 0.25) is 5.95 Å². The van der Waals surface area contributed by atoms with Gasteiger partial charge in [0.05, 0.1) is 18.5 Å². The number of benzene rings is 1. The first kappa shape index (κ1) is 16.9. The quantitative estimate of drug-likeness (QED) is 0.569. The van der Waals surface area contributed by atoms with Gasteiger partial charge in [0, 0.05) is 30.5 Å². The van der Waals surface area contributed by atoms with E-state index in [0.29, 0.717) is 5.95 Å². The van der Waals surface area contributed by atoms with Crippen LogP contribution in [0, 0.1) is 0 Å². The normalized spacial score (nSPS) is 19.4. The Bertz CT molecular complexity index is 1120. The number of nitrogens with zero attached hydrogens (tertiary/aromatic N) is 6. The molecule has 4 aromatic rings. The van der Waals surface area contributed by atoms with Crippen LogP contribution in [-0.2, 0) is 7.05 Å². The van der Waals surface area contributed by atoms with Crippen molar-refractivity contribution in [2.75, 3.05) is 5.32 Å². The van der Waals surface area contributed by atoms with Crippen LogP contribution in [0.3, 0.4) is 0 Å². The van der Waals surface area contributed by atoms with Gasteiger partial charge in [-0.15, -0.1) is 0 Å². The molecule has 8 nitrogen and oxygen atoms in total. The van der Waals surface area contributed by atoms with E-state index >= 15 is 0 Å². The summed E-state index contributed by atoms with van der Waals surface area (Å²) in [6.07, 6.45) is 9.59. The summed E-state index contributed by atoms with van der Waals surface area (Å²) in [6, 6.07) is 8.44. The van der Waals surface area contributed by atoms with E-state index in [1.54, 1.807) is 17.2 Å². The summed E-state index contributed by atoms with van der Waals surface area (Å²) in [7, 11) is 1.91. The molecule has 0 aliphatic heterocycles.